The lowest BCUT2D eigenvalue weighted by molar-refractivity contribution is 0.398. The minimum absolute atomic E-state index is 0.492. The van der Waals surface area contributed by atoms with Crippen molar-refractivity contribution in [1.29, 1.82) is 0 Å². The first-order valence-electron chi connectivity index (χ1n) is 6.52. The summed E-state index contributed by atoms with van der Waals surface area (Å²) in [5.74, 6) is 0.640. The van der Waals surface area contributed by atoms with Gasteiger partial charge in [-0.25, -0.2) is 4.98 Å². The molecule has 0 fully saturated rings. The summed E-state index contributed by atoms with van der Waals surface area (Å²) in [6.45, 7) is 5.18. The molecule has 1 heterocycles. The number of rotatable bonds is 5. The molecule has 0 unspecified atom stereocenters. The molecule has 1 aromatic heterocycles. The van der Waals surface area contributed by atoms with E-state index in [2.05, 4.69) is 48.4 Å². The van der Waals surface area contributed by atoms with Crippen molar-refractivity contribution in [3.05, 3.63) is 48.2 Å². The minimum Gasteiger partial charge on any atom is -0.481 e. The Morgan fingerprint density at radius 1 is 1.16 bits per heavy atom. The zero-order valence-electron chi connectivity index (χ0n) is 11.7. The predicted molar refractivity (Wildman–Crippen MR) is 78.2 cm³/mol. The first-order valence-corrected chi connectivity index (χ1v) is 6.52. The van der Waals surface area contributed by atoms with Crippen molar-refractivity contribution < 1.29 is 4.74 Å². The van der Waals surface area contributed by atoms with Gasteiger partial charge < -0.3 is 10.1 Å². The summed E-state index contributed by atoms with van der Waals surface area (Å²) in [6.07, 6.45) is 1.84. The van der Waals surface area contributed by atoms with Crippen molar-refractivity contribution in [2.24, 2.45) is 0 Å². The molecule has 0 amide bonds. The fraction of sp³-hybridized carbons (Fsp3) is 0.312. The fourth-order valence-corrected chi connectivity index (χ4v) is 1.85. The molecule has 0 aliphatic carbocycles. The molecule has 3 nitrogen and oxygen atoms in total. The monoisotopic (exact) mass is 256 g/mol. The molecule has 1 N–H and O–H groups in total. The molecule has 100 valence electrons. The van der Waals surface area contributed by atoms with Gasteiger partial charge in [-0.2, -0.15) is 0 Å². The summed E-state index contributed by atoms with van der Waals surface area (Å²) < 4.78 is 5.07. The van der Waals surface area contributed by atoms with Gasteiger partial charge in [0.15, 0.2) is 0 Å². The van der Waals surface area contributed by atoms with Gasteiger partial charge in [-0.05, 0) is 23.3 Å². The van der Waals surface area contributed by atoms with Crippen LogP contribution in [0.15, 0.2) is 42.6 Å². The molecule has 0 saturated carbocycles. The summed E-state index contributed by atoms with van der Waals surface area (Å²) in [4.78, 5) is 4.24. The maximum absolute atomic E-state index is 5.07. The Kier molecular flexibility index (Phi) is 4.53. The normalized spacial score (nSPS) is 10.7. The van der Waals surface area contributed by atoms with Gasteiger partial charge in [-0.15, -0.1) is 0 Å². The Morgan fingerprint density at radius 3 is 2.63 bits per heavy atom. The van der Waals surface area contributed by atoms with Crippen molar-refractivity contribution >= 4 is 0 Å². The number of aromatic nitrogens is 1. The molecule has 19 heavy (non-hydrogen) atoms. The fourth-order valence-electron chi connectivity index (χ4n) is 1.85. The third kappa shape index (κ3) is 3.80. The largest absolute Gasteiger partial charge is 0.481 e. The van der Waals surface area contributed by atoms with E-state index in [1.54, 1.807) is 7.11 Å². The van der Waals surface area contributed by atoms with Crippen LogP contribution in [0, 0.1) is 0 Å². The molecular formula is C16H20N2O. The van der Waals surface area contributed by atoms with Crippen LogP contribution >= 0.6 is 0 Å². The van der Waals surface area contributed by atoms with Crippen molar-refractivity contribution in [3.8, 4) is 17.0 Å². The van der Waals surface area contributed by atoms with Gasteiger partial charge in [0, 0.05) is 30.4 Å². The molecule has 2 aromatic rings. The van der Waals surface area contributed by atoms with Gasteiger partial charge in [0.05, 0.1) is 7.11 Å². The summed E-state index contributed by atoms with van der Waals surface area (Å²) >= 11 is 0. The Hall–Kier alpha value is -1.87. The second-order valence-corrected chi connectivity index (χ2v) is 4.83. The number of pyridine rings is 1. The first-order chi connectivity index (χ1) is 9.19. The lowest BCUT2D eigenvalue weighted by Gasteiger charge is -2.09. The van der Waals surface area contributed by atoms with Crippen LogP contribution in [0.25, 0.3) is 11.1 Å². The Balaban J connectivity index is 2.17. The molecule has 0 radical (unpaired) electrons. The lowest BCUT2D eigenvalue weighted by Crippen LogP contribution is -2.21. The molecule has 0 spiro atoms. The first kappa shape index (κ1) is 13.6. The van der Waals surface area contributed by atoms with E-state index < -0.39 is 0 Å². The van der Waals surface area contributed by atoms with Crippen LogP contribution in [0.5, 0.6) is 5.88 Å². The smallest absolute Gasteiger partial charge is 0.212 e. The lowest BCUT2D eigenvalue weighted by atomic mass is 10.0. The quantitative estimate of drug-likeness (QED) is 0.891. The standard InChI is InChI=1S/C16H20N2O/c1-12(2)17-10-13-5-4-6-14(9-13)15-7-8-16(19-3)18-11-15/h4-9,11-12,17H,10H2,1-3H3. The minimum atomic E-state index is 0.492. The van der Waals surface area contributed by atoms with Crippen LogP contribution in [0.1, 0.15) is 19.4 Å². The summed E-state index contributed by atoms with van der Waals surface area (Å²) in [5, 5.41) is 3.42. The highest BCUT2D eigenvalue weighted by Gasteiger charge is 2.01. The Morgan fingerprint density at radius 2 is 2.00 bits per heavy atom. The van der Waals surface area contributed by atoms with Crippen LogP contribution in [0.4, 0.5) is 0 Å². The molecule has 0 aliphatic rings. The molecular weight excluding hydrogens is 236 g/mol. The maximum Gasteiger partial charge on any atom is 0.212 e. The van der Waals surface area contributed by atoms with Crippen molar-refractivity contribution in [1.82, 2.24) is 10.3 Å². The van der Waals surface area contributed by atoms with Crippen LogP contribution in [-0.4, -0.2) is 18.1 Å². The van der Waals surface area contributed by atoms with Gasteiger partial charge in [0.2, 0.25) is 5.88 Å². The molecule has 0 saturated heterocycles. The van der Waals surface area contributed by atoms with Gasteiger partial charge >= 0.3 is 0 Å². The van der Waals surface area contributed by atoms with Crippen LogP contribution in [0.2, 0.25) is 0 Å². The van der Waals surface area contributed by atoms with Gasteiger partial charge in [-0.1, -0.05) is 32.0 Å². The molecule has 0 bridgehead atoms. The highest BCUT2D eigenvalue weighted by Crippen LogP contribution is 2.21. The van der Waals surface area contributed by atoms with Crippen LogP contribution in [-0.2, 0) is 6.54 Å². The number of nitrogens with one attached hydrogen (secondary N) is 1. The highest BCUT2D eigenvalue weighted by atomic mass is 16.5. The molecule has 0 aliphatic heterocycles. The highest BCUT2D eigenvalue weighted by molar-refractivity contribution is 5.63. The Labute approximate surface area is 114 Å². The van der Waals surface area contributed by atoms with E-state index in [1.165, 1.54) is 11.1 Å². The Bertz CT molecular complexity index is 521. The average Bonchev–Trinajstić information content (AvgIpc) is 2.45. The number of methoxy groups -OCH3 is 1. The van der Waals surface area contributed by atoms with Crippen molar-refractivity contribution in [3.63, 3.8) is 0 Å². The molecule has 2 rings (SSSR count). The van der Waals surface area contributed by atoms with Crippen molar-refractivity contribution in [2.45, 2.75) is 26.4 Å². The SMILES string of the molecule is COc1ccc(-c2cccc(CNC(C)C)c2)cn1. The second-order valence-electron chi connectivity index (χ2n) is 4.83. The van der Waals surface area contributed by atoms with E-state index in [-0.39, 0.29) is 0 Å². The maximum atomic E-state index is 5.07. The van der Waals surface area contributed by atoms with Gasteiger partial charge in [-0.3, -0.25) is 0 Å². The van der Waals surface area contributed by atoms with E-state index in [0.717, 1.165) is 12.1 Å². The number of benzene rings is 1. The third-order valence-electron chi connectivity index (χ3n) is 2.92. The van der Waals surface area contributed by atoms with Gasteiger partial charge in [0.1, 0.15) is 0 Å². The molecule has 0 atom stereocenters. The summed E-state index contributed by atoms with van der Waals surface area (Å²) in [7, 11) is 1.63. The second kappa shape index (κ2) is 6.34. The zero-order valence-corrected chi connectivity index (χ0v) is 11.7. The molecule has 1 aromatic carbocycles. The van der Waals surface area contributed by atoms with Crippen LogP contribution in [0.3, 0.4) is 0 Å². The average molecular weight is 256 g/mol. The number of hydrogen-bond donors (Lipinski definition) is 1. The van der Waals surface area contributed by atoms with E-state index in [0.29, 0.717) is 11.9 Å². The van der Waals surface area contributed by atoms with Crippen LogP contribution < -0.4 is 10.1 Å². The molecule has 3 heteroatoms. The summed E-state index contributed by atoms with van der Waals surface area (Å²) in [5.41, 5.74) is 3.56. The van der Waals surface area contributed by atoms with Gasteiger partial charge in [0.25, 0.3) is 0 Å². The van der Waals surface area contributed by atoms with Crippen molar-refractivity contribution in [2.75, 3.05) is 7.11 Å². The number of nitrogens with zero attached hydrogens (tertiary/aromatic N) is 1. The van der Waals surface area contributed by atoms with E-state index in [9.17, 15) is 0 Å². The van der Waals surface area contributed by atoms with E-state index in [4.69, 9.17) is 4.74 Å². The summed E-state index contributed by atoms with van der Waals surface area (Å²) in [6, 6.07) is 12.9. The zero-order chi connectivity index (χ0) is 13.7. The number of hydrogen-bond acceptors (Lipinski definition) is 3. The van der Waals surface area contributed by atoms with E-state index >= 15 is 0 Å². The number of ether oxygens (including phenoxy) is 1. The predicted octanol–water partition coefficient (Wildman–Crippen LogP) is 3.26. The van der Waals surface area contributed by atoms with E-state index in [1.807, 2.05) is 18.3 Å². The third-order valence-corrected chi connectivity index (χ3v) is 2.92. The topological polar surface area (TPSA) is 34.1 Å².